The quantitative estimate of drug-likeness (QED) is 0.580. The number of hydrogen-bond acceptors (Lipinski definition) is 7. The van der Waals surface area contributed by atoms with E-state index in [4.69, 9.17) is 15.2 Å². The third kappa shape index (κ3) is 4.22. The molecule has 0 fully saturated rings. The predicted octanol–water partition coefficient (Wildman–Crippen LogP) is 0.803. The van der Waals surface area contributed by atoms with Crippen LogP contribution in [0.3, 0.4) is 0 Å². The first kappa shape index (κ1) is 19.4. The molecule has 0 saturated heterocycles. The van der Waals surface area contributed by atoms with Gasteiger partial charge in [0.1, 0.15) is 13.2 Å². The average molecular weight is 368 g/mol. The number of halogens is 1. The Bertz CT molecular complexity index is 707. The van der Waals surface area contributed by atoms with Crippen molar-refractivity contribution in [1.29, 1.82) is 0 Å². The highest BCUT2D eigenvalue weighted by atomic mass is 35.5. The molecule has 130 valence electrons. The van der Waals surface area contributed by atoms with E-state index in [1.54, 1.807) is 13.8 Å². The van der Waals surface area contributed by atoms with Crippen LogP contribution >= 0.6 is 12.4 Å². The standard InChI is InChI=1S/C12H17N3O6S.ClH/c1-12(2,7-13)14-22(18,19)11-6-10-9(20-3-4-21-10)5-8(11)15(16)17;/h5-6,14H,3-4,7,13H2,1-2H3;1H. The summed E-state index contributed by atoms with van der Waals surface area (Å²) in [5.74, 6) is 0.303. The Morgan fingerprint density at radius 3 is 2.30 bits per heavy atom. The van der Waals surface area contributed by atoms with Crippen LogP contribution in [0.5, 0.6) is 11.5 Å². The van der Waals surface area contributed by atoms with Crippen LogP contribution in [-0.2, 0) is 10.0 Å². The number of ether oxygens (including phenoxy) is 2. The molecule has 3 N–H and O–H groups in total. The van der Waals surface area contributed by atoms with Gasteiger partial charge in [-0.25, -0.2) is 13.1 Å². The van der Waals surface area contributed by atoms with Crippen LogP contribution in [0.1, 0.15) is 13.8 Å². The highest BCUT2D eigenvalue weighted by Gasteiger charge is 2.33. The summed E-state index contributed by atoms with van der Waals surface area (Å²) >= 11 is 0. The van der Waals surface area contributed by atoms with E-state index < -0.39 is 31.1 Å². The fourth-order valence-corrected chi connectivity index (χ4v) is 3.47. The molecule has 1 aromatic carbocycles. The number of benzene rings is 1. The Morgan fingerprint density at radius 1 is 1.30 bits per heavy atom. The second-order valence-electron chi connectivity index (χ2n) is 5.41. The molecule has 0 radical (unpaired) electrons. The Labute approximate surface area is 139 Å². The largest absolute Gasteiger partial charge is 0.486 e. The van der Waals surface area contributed by atoms with Crippen molar-refractivity contribution in [2.24, 2.45) is 5.73 Å². The lowest BCUT2D eigenvalue weighted by molar-refractivity contribution is -0.388. The molecule has 1 aliphatic heterocycles. The molecule has 1 aromatic rings. The van der Waals surface area contributed by atoms with Crippen molar-refractivity contribution in [2.45, 2.75) is 24.3 Å². The van der Waals surface area contributed by atoms with Gasteiger partial charge in [0.15, 0.2) is 16.4 Å². The first-order chi connectivity index (χ1) is 10.2. The minimum absolute atomic E-state index is 0. The molecule has 0 spiro atoms. The van der Waals surface area contributed by atoms with E-state index >= 15 is 0 Å². The number of sulfonamides is 1. The van der Waals surface area contributed by atoms with Gasteiger partial charge < -0.3 is 15.2 Å². The third-order valence-electron chi connectivity index (χ3n) is 3.03. The Kier molecular flexibility index (Phi) is 5.80. The van der Waals surface area contributed by atoms with Crippen LogP contribution in [-0.4, -0.2) is 38.6 Å². The molecular weight excluding hydrogens is 350 g/mol. The molecule has 1 heterocycles. The number of rotatable bonds is 5. The van der Waals surface area contributed by atoms with E-state index in [0.717, 1.165) is 12.1 Å². The smallest absolute Gasteiger partial charge is 0.293 e. The summed E-state index contributed by atoms with van der Waals surface area (Å²) in [5, 5.41) is 11.2. The van der Waals surface area contributed by atoms with Gasteiger partial charge in [0, 0.05) is 18.2 Å². The Balaban J connectivity index is 0.00000264. The second-order valence-corrected chi connectivity index (χ2v) is 7.07. The van der Waals surface area contributed by atoms with E-state index in [1.165, 1.54) is 0 Å². The monoisotopic (exact) mass is 367 g/mol. The highest BCUT2D eigenvalue weighted by molar-refractivity contribution is 7.89. The summed E-state index contributed by atoms with van der Waals surface area (Å²) in [7, 11) is -4.15. The number of hydrogen-bond donors (Lipinski definition) is 2. The van der Waals surface area contributed by atoms with Gasteiger partial charge in [0.25, 0.3) is 5.69 Å². The second kappa shape index (κ2) is 6.87. The van der Waals surface area contributed by atoms with Crippen molar-refractivity contribution in [3.05, 3.63) is 22.2 Å². The van der Waals surface area contributed by atoms with Crippen molar-refractivity contribution >= 4 is 28.1 Å². The highest BCUT2D eigenvalue weighted by Crippen LogP contribution is 2.38. The lowest BCUT2D eigenvalue weighted by Crippen LogP contribution is -2.48. The molecule has 0 aromatic heterocycles. The van der Waals surface area contributed by atoms with E-state index in [-0.39, 0.29) is 43.7 Å². The molecule has 11 heteroatoms. The predicted molar refractivity (Wildman–Crippen MR) is 84.8 cm³/mol. The van der Waals surface area contributed by atoms with Crippen LogP contribution in [0.4, 0.5) is 5.69 Å². The van der Waals surface area contributed by atoms with E-state index in [2.05, 4.69) is 4.72 Å². The summed E-state index contributed by atoms with van der Waals surface area (Å²) in [6.45, 7) is 3.67. The van der Waals surface area contributed by atoms with Gasteiger partial charge in [0.2, 0.25) is 10.0 Å². The Morgan fingerprint density at radius 2 is 1.83 bits per heavy atom. The van der Waals surface area contributed by atoms with Crippen molar-refractivity contribution in [2.75, 3.05) is 19.8 Å². The lowest BCUT2D eigenvalue weighted by Gasteiger charge is -2.24. The number of nitro benzene ring substituents is 1. The molecule has 0 unspecified atom stereocenters. The summed E-state index contributed by atoms with van der Waals surface area (Å²) in [6.07, 6.45) is 0. The molecule has 9 nitrogen and oxygen atoms in total. The summed E-state index contributed by atoms with van der Waals surface area (Å²) in [6, 6.07) is 2.15. The molecule has 0 amide bonds. The molecule has 0 atom stereocenters. The van der Waals surface area contributed by atoms with Gasteiger partial charge in [-0.15, -0.1) is 12.4 Å². The zero-order valence-electron chi connectivity index (χ0n) is 12.6. The van der Waals surface area contributed by atoms with E-state index in [1.807, 2.05) is 0 Å². The summed E-state index contributed by atoms with van der Waals surface area (Å²) in [5.41, 5.74) is 3.97. The number of nitrogens with zero attached hydrogens (tertiary/aromatic N) is 1. The van der Waals surface area contributed by atoms with Crippen LogP contribution < -0.4 is 19.9 Å². The zero-order chi connectivity index (χ0) is 16.5. The minimum atomic E-state index is -4.15. The number of nitrogens with two attached hydrogens (primary N) is 1. The SMILES string of the molecule is CC(C)(CN)NS(=O)(=O)c1cc2c(cc1[N+](=O)[O-])OCCO2.Cl. The molecule has 0 bridgehead atoms. The number of nitro groups is 1. The summed E-state index contributed by atoms with van der Waals surface area (Å²) < 4.78 is 37.8. The summed E-state index contributed by atoms with van der Waals surface area (Å²) in [4.78, 5) is 9.92. The topological polar surface area (TPSA) is 134 Å². The maximum atomic E-state index is 12.5. The van der Waals surface area contributed by atoms with Crippen LogP contribution in [0.15, 0.2) is 17.0 Å². The van der Waals surface area contributed by atoms with Gasteiger partial charge in [-0.05, 0) is 13.8 Å². The first-order valence-corrected chi connectivity index (χ1v) is 7.97. The van der Waals surface area contributed by atoms with Gasteiger partial charge in [-0.1, -0.05) is 0 Å². The van der Waals surface area contributed by atoms with E-state index in [9.17, 15) is 18.5 Å². The van der Waals surface area contributed by atoms with Gasteiger partial charge >= 0.3 is 0 Å². The molecule has 0 aliphatic carbocycles. The fourth-order valence-electron chi connectivity index (χ4n) is 1.88. The lowest BCUT2D eigenvalue weighted by atomic mass is 10.1. The fraction of sp³-hybridized carbons (Fsp3) is 0.500. The molecule has 1 aliphatic rings. The van der Waals surface area contributed by atoms with Crippen molar-refractivity contribution in [1.82, 2.24) is 4.72 Å². The number of fused-ring (bicyclic) bond motifs is 1. The minimum Gasteiger partial charge on any atom is -0.486 e. The van der Waals surface area contributed by atoms with Crippen LogP contribution in [0.2, 0.25) is 0 Å². The normalized spacial score (nSPS) is 14.0. The van der Waals surface area contributed by atoms with Crippen molar-refractivity contribution in [3.8, 4) is 11.5 Å². The average Bonchev–Trinajstić information content (AvgIpc) is 2.44. The van der Waals surface area contributed by atoms with Crippen LogP contribution in [0, 0.1) is 10.1 Å². The molecule has 23 heavy (non-hydrogen) atoms. The number of nitrogens with one attached hydrogen (secondary N) is 1. The van der Waals surface area contributed by atoms with Gasteiger partial charge in [-0.2, -0.15) is 0 Å². The third-order valence-corrected chi connectivity index (χ3v) is 4.76. The Hall–Kier alpha value is -1.62. The van der Waals surface area contributed by atoms with Crippen LogP contribution in [0.25, 0.3) is 0 Å². The maximum Gasteiger partial charge on any atom is 0.293 e. The van der Waals surface area contributed by atoms with Gasteiger partial charge in [-0.3, -0.25) is 10.1 Å². The van der Waals surface area contributed by atoms with Crippen molar-refractivity contribution in [3.63, 3.8) is 0 Å². The molecular formula is C12H18ClN3O6S. The van der Waals surface area contributed by atoms with Gasteiger partial charge in [0.05, 0.1) is 11.0 Å². The maximum absolute atomic E-state index is 12.5. The van der Waals surface area contributed by atoms with Crippen molar-refractivity contribution < 1.29 is 22.8 Å². The zero-order valence-corrected chi connectivity index (χ0v) is 14.2. The van der Waals surface area contributed by atoms with E-state index in [0.29, 0.717) is 0 Å². The first-order valence-electron chi connectivity index (χ1n) is 6.48. The molecule has 0 saturated carbocycles. The molecule has 2 rings (SSSR count).